The highest BCUT2D eigenvalue weighted by molar-refractivity contribution is 5.25. The monoisotopic (exact) mass is 269 g/mol. The first kappa shape index (κ1) is 14.3. The van der Waals surface area contributed by atoms with Gasteiger partial charge in [-0.25, -0.2) is 4.39 Å². The van der Waals surface area contributed by atoms with Gasteiger partial charge in [0.1, 0.15) is 6.10 Å². The van der Waals surface area contributed by atoms with Gasteiger partial charge in [0.05, 0.1) is 0 Å². The van der Waals surface area contributed by atoms with Crippen LogP contribution in [0.3, 0.4) is 0 Å². The van der Waals surface area contributed by atoms with Gasteiger partial charge in [-0.05, 0) is 44.4 Å². The summed E-state index contributed by atoms with van der Waals surface area (Å²) in [7, 11) is 1.88. The molecule has 1 aliphatic carbocycles. The molecule has 1 aromatic carbocycles. The molecule has 2 nitrogen and oxygen atoms in total. The molecule has 3 unspecified atom stereocenters. The fourth-order valence-electron chi connectivity index (χ4n) is 2.78. The Labute approximate surface area is 113 Å². The number of likely N-dealkylation sites (N-methyl/N-ethyl adjacent to an activating group) is 1. The second-order valence-corrected chi connectivity index (χ2v) is 5.19. The molecule has 2 rings (SSSR count). The molecule has 0 bridgehead atoms. The summed E-state index contributed by atoms with van der Waals surface area (Å²) in [6, 6.07) is 4.27. The van der Waals surface area contributed by atoms with E-state index in [-0.39, 0.29) is 17.9 Å². The van der Waals surface area contributed by atoms with E-state index in [1.165, 1.54) is 12.1 Å². The van der Waals surface area contributed by atoms with E-state index < -0.39 is 11.6 Å². The number of benzene rings is 1. The Morgan fingerprint density at radius 1 is 1.32 bits per heavy atom. The Morgan fingerprint density at radius 3 is 2.79 bits per heavy atom. The molecule has 106 valence electrons. The third kappa shape index (κ3) is 3.24. The summed E-state index contributed by atoms with van der Waals surface area (Å²) in [6.07, 6.45) is 4.06. The Kier molecular flexibility index (Phi) is 4.75. The van der Waals surface area contributed by atoms with Crippen molar-refractivity contribution in [3.63, 3.8) is 0 Å². The van der Waals surface area contributed by atoms with Crippen LogP contribution in [0.15, 0.2) is 18.2 Å². The lowest BCUT2D eigenvalue weighted by molar-refractivity contribution is 0.0838. The number of halogens is 2. The van der Waals surface area contributed by atoms with Gasteiger partial charge in [0, 0.05) is 6.04 Å². The van der Waals surface area contributed by atoms with E-state index in [0.29, 0.717) is 5.92 Å². The van der Waals surface area contributed by atoms with Crippen LogP contribution < -0.4 is 10.1 Å². The van der Waals surface area contributed by atoms with Gasteiger partial charge >= 0.3 is 0 Å². The zero-order chi connectivity index (χ0) is 13.8. The fraction of sp³-hybridized carbons (Fsp3) is 0.600. The van der Waals surface area contributed by atoms with Gasteiger partial charge in [-0.2, -0.15) is 4.39 Å². The first-order chi connectivity index (χ1) is 9.15. The molecular formula is C15H21F2NO. The average Bonchev–Trinajstić information content (AvgIpc) is 2.43. The molecule has 0 aliphatic heterocycles. The van der Waals surface area contributed by atoms with Crippen molar-refractivity contribution >= 4 is 0 Å². The van der Waals surface area contributed by atoms with Gasteiger partial charge in [0.25, 0.3) is 0 Å². The minimum Gasteiger partial charge on any atom is -0.486 e. The van der Waals surface area contributed by atoms with Crippen LogP contribution in [0.2, 0.25) is 0 Å². The molecule has 0 amide bonds. The summed E-state index contributed by atoms with van der Waals surface area (Å²) in [5.74, 6) is -1.13. The second kappa shape index (κ2) is 6.33. The van der Waals surface area contributed by atoms with Crippen molar-refractivity contribution in [1.29, 1.82) is 0 Å². The van der Waals surface area contributed by atoms with E-state index in [1.807, 2.05) is 7.05 Å². The quantitative estimate of drug-likeness (QED) is 0.903. The number of hydrogen-bond donors (Lipinski definition) is 1. The summed E-state index contributed by atoms with van der Waals surface area (Å²) < 4.78 is 32.6. The molecular weight excluding hydrogens is 248 g/mol. The van der Waals surface area contributed by atoms with Crippen molar-refractivity contribution in [3.8, 4) is 5.75 Å². The molecule has 1 fully saturated rings. The molecule has 0 heterocycles. The molecule has 0 saturated heterocycles. The topological polar surface area (TPSA) is 21.3 Å². The standard InChI is InChI=1S/C15H21F2NO/c1-3-10-7-8-12(18-2)14(9-10)19-13-6-4-5-11(16)15(13)17/h4-6,10,12,14,18H,3,7-9H2,1-2H3. The van der Waals surface area contributed by atoms with Crippen LogP contribution in [0, 0.1) is 17.6 Å². The Balaban J connectivity index is 2.12. The zero-order valence-electron chi connectivity index (χ0n) is 11.5. The molecule has 1 aliphatic rings. The molecule has 0 aromatic heterocycles. The van der Waals surface area contributed by atoms with Crippen molar-refractivity contribution < 1.29 is 13.5 Å². The molecule has 19 heavy (non-hydrogen) atoms. The molecule has 3 atom stereocenters. The first-order valence-corrected chi connectivity index (χ1v) is 6.93. The Morgan fingerprint density at radius 2 is 2.11 bits per heavy atom. The van der Waals surface area contributed by atoms with Crippen LogP contribution in [0.5, 0.6) is 5.75 Å². The minimum atomic E-state index is -0.893. The molecule has 0 radical (unpaired) electrons. The number of rotatable bonds is 4. The maximum atomic E-state index is 13.6. The first-order valence-electron chi connectivity index (χ1n) is 6.93. The van der Waals surface area contributed by atoms with Crippen molar-refractivity contribution in [2.24, 2.45) is 5.92 Å². The lowest BCUT2D eigenvalue weighted by Gasteiger charge is -2.35. The number of nitrogens with one attached hydrogen (secondary N) is 1. The van der Waals surface area contributed by atoms with Crippen LogP contribution in [0.25, 0.3) is 0 Å². The number of ether oxygens (including phenoxy) is 1. The molecule has 1 saturated carbocycles. The van der Waals surface area contributed by atoms with E-state index in [1.54, 1.807) is 0 Å². The maximum absolute atomic E-state index is 13.6. The largest absolute Gasteiger partial charge is 0.486 e. The van der Waals surface area contributed by atoms with Crippen LogP contribution in [0.4, 0.5) is 8.78 Å². The van der Waals surface area contributed by atoms with Gasteiger partial charge in [0.15, 0.2) is 11.6 Å². The third-order valence-corrected chi connectivity index (χ3v) is 4.04. The van der Waals surface area contributed by atoms with Gasteiger partial charge in [0.2, 0.25) is 5.82 Å². The minimum absolute atomic E-state index is 0.0157. The summed E-state index contributed by atoms with van der Waals surface area (Å²) in [5.41, 5.74) is 0. The van der Waals surface area contributed by atoms with Crippen LogP contribution in [0.1, 0.15) is 32.6 Å². The maximum Gasteiger partial charge on any atom is 0.200 e. The predicted octanol–water partition coefficient (Wildman–Crippen LogP) is 3.51. The van der Waals surface area contributed by atoms with Crippen molar-refractivity contribution in [3.05, 3.63) is 29.8 Å². The number of hydrogen-bond acceptors (Lipinski definition) is 2. The van der Waals surface area contributed by atoms with E-state index >= 15 is 0 Å². The summed E-state index contributed by atoms with van der Waals surface area (Å²) >= 11 is 0. The smallest absolute Gasteiger partial charge is 0.200 e. The highest BCUT2D eigenvalue weighted by atomic mass is 19.2. The highest BCUT2D eigenvalue weighted by Crippen LogP contribution is 2.31. The van der Waals surface area contributed by atoms with Crippen molar-refractivity contribution in [2.75, 3.05) is 7.05 Å². The predicted molar refractivity (Wildman–Crippen MR) is 71.3 cm³/mol. The summed E-state index contributed by atoms with van der Waals surface area (Å²) in [4.78, 5) is 0. The van der Waals surface area contributed by atoms with E-state index in [9.17, 15) is 8.78 Å². The second-order valence-electron chi connectivity index (χ2n) is 5.19. The van der Waals surface area contributed by atoms with E-state index in [2.05, 4.69) is 12.2 Å². The lowest BCUT2D eigenvalue weighted by Crippen LogP contribution is -2.45. The van der Waals surface area contributed by atoms with Crippen LogP contribution >= 0.6 is 0 Å². The SMILES string of the molecule is CCC1CCC(NC)C(Oc2cccc(F)c2F)C1. The van der Waals surface area contributed by atoms with E-state index in [4.69, 9.17) is 4.74 Å². The zero-order valence-corrected chi connectivity index (χ0v) is 11.5. The van der Waals surface area contributed by atoms with Gasteiger partial charge in [-0.15, -0.1) is 0 Å². The van der Waals surface area contributed by atoms with Crippen LogP contribution in [-0.2, 0) is 0 Å². The fourth-order valence-corrected chi connectivity index (χ4v) is 2.78. The Bertz CT molecular complexity index is 425. The molecule has 0 spiro atoms. The van der Waals surface area contributed by atoms with E-state index in [0.717, 1.165) is 31.7 Å². The molecule has 1 aromatic rings. The summed E-state index contributed by atoms with van der Waals surface area (Å²) in [5, 5.41) is 3.21. The van der Waals surface area contributed by atoms with Crippen molar-refractivity contribution in [1.82, 2.24) is 5.32 Å². The lowest BCUT2D eigenvalue weighted by atomic mass is 9.82. The third-order valence-electron chi connectivity index (χ3n) is 4.04. The summed E-state index contributed by atoms with van der Waals surface area (Å²) in [6.45, 7) is 2.16. The van der Waals surface area contributed by atoms with Gasteiger partial charge in [-0.3, -0.25) is 0 Å². The van der Waals surface area contributed by atoms with Crippen LogP contribution in [-0.4, -0.2) is 19.2 Å². The Hall–Kier alpha value is -1.16. The van der Waals surface area contributed by atoms with Gasteiger partial charge in [-0.1, -0.05) is 19.4 Å². The normalized spacial score (nSPS) is 27.3. The van der Waals surface area contributed by atoms with Gasteiger partial charge < -0.3 is 10.1 Å². The van der Waals surface area contributed by atoms with Crippen molar-refractivity contribution in [2.45, 2.75) is 44.8 Å². The highest BCUT2D eigenvalue weighted by Gasteiger charge is 2.31. The molecule has 4 heteroatoms. The average molecular weight is 269 g/mol. The molecule has 1 N–H and O–H groups in total.